The SMILES string of the molecule is CC(C)(C)OC(=O)NCCOCCOCCOCCOCCOCCOCC(=O)NCCN. The molecular weight excluding hydrogens is 438 g/mol. The molecule has 0 saturated heterocycles. The fraction of sp³-hybridized carbons (Fsp3) is 0.905. The first-order valence-electron chi connectivity index (χ1n) is 11.2. The third kappa shape index (κ3) is 26.6. The molecule has 0 atom stereocenters. The minimum absolute atomic E-state index is 0.00126. The molecule has 0 aliphatic rings. The van der Waals surface area contributed by atoms with Gasteiger partial charge < -0.3 is 49.5 Å². The molecular formula is C21H43N3O9. The van der Waals surface area contributed by atoms with Gasteiger partial charge in [0.1, 0.15) is 12.2 Å². The zero-order valence-corrected chi connectivity index (χ0v) is 20.4. The van der Waals surface area contributed by atoms with Crippen LogP contribution in [0, 0.1) is 0 Å². The highest BCUT2D eigenvalue weighted by molar-refractivity contribution is 5.77. The van der Waals surface area contributed by atoms with Crippen molar-refractivity contribution >= 4 is 12.0 Å². The summed E-state index contributed by atoms with van der Waals surface area (Å²) in [7, 11) is 0. The van der Waals surface area contributed by atoms with Crippen molar-refractivity contribution in [1.82, 2.24) is 10.6 Å². The summed E-state index contributed by atoms with van der Waals surface area (Å²) in [6.45, 7) is 11.4. The van der Waals surface area contributed by atoms with Crippen LogP contribution >= 0.6 is 0 Å². The predicted octanol–water partition coefficient (Wildman–Crippen LogP) is -0.314. The molecule has 0 spiro atoms. The number of carbonyl (C=O) groups is 2. The Labute approximate surface area is 197 Å². The summed E-state index contributed by atoms with van der Waals surface area (Å²) >= 11 is 0. The normalized spacial score (nSPS) is 11.4. The van der Waals surface area contributed by atoms with Gasteiger partial charge in [0.2, 0.25) is 5.91 Å². The van der Waals surface area contributed by atoms with Crippen molar-refractivity contribution < 1.29 is 42.7 Å². The van der Waals surface area contributed by atoms with Crippen LogP contribution in [0.3, 0.4) is 0 Å². The van der Waals surface area contributed by atoms with Crippen LogP contribution in [0.25, 0.3) is 0 Å². The Morgan fingerprint density at radius 2 is 1.06 bits per heavy atom. The molecule has 196 valence electrons. The number of nitrogens with two attached hydrogens (primary N) is 1. The zero-order valence-electron chi connectivity index (χ0n) is 20.4. The quantitative estimate of drug-likeness (QED) is 0.176. The molecule has 0 saturated carbocycles. The number of carbonyl (C=O) groups excluding carboxylic acids is 2. The van der Waals surface area contributed by atoms with Gasteiger partial charge in [0.15, 0.2) is 0 Å². The lowest BCUT2D eigenvalue weighted by molar-refractivity contribution is -0.126. The minimum atomic E-state index is -0.510. The zero-order chi connectivity index (χ0) is 24.6. The van der Waals surface area contributed by atoms with Crippen LogP contribution in [0.4, 0.5) is 4.79 Å². The fourth-order valence-electron chi connectivity index (χ4n) is 2.07. The highest BCUT2D eigenvalue weighted by Crippen LogP contribution is 2.05. The Morgan fingerprint density at radius 3 is 1.48 bits per heavy atom. The molecule has 0 radical (unpaired) electrons. The molecule has 12 heteroatoms. The van der Waals surface area contributed by atoms with E-state index in [0.29, 0.717) is 92.3 Å². The van der Waals surface area contributed by atoms with E-state index in [0.717, 1.165) is 0 Å². The van der Waals surface area contributed by atoms with Crippen molar-refractivity contribution in [2.75, 3.05) is 98.9 Å². The Hall–Kier alpha value is -1.54. The van der Waals surface area contributed by atoms with E-state index in [1.165, 1.54) is 0 Å². The highest BCUT2D eigenvalue weighted by atomic mass is 16.6. The number of nitrogens with one attached hydrogen (secondary N) is 2. The highest BCUT2D eigenvalue weighted by Gasteiger charge is 2.15. The molecule has 0 fully saturated rings. The molecule has 0 aliphatic heterocycles. The first kappa shape index (κ1) is 31.5. The monoisotopic (exact) mass is 481 g/mol. The van der Waals surface area contributed by atoms with Gasteiger partial charge in [-0.15, -0.1) is 0 Å². The average molecular weight is 482 g/mol. The molecule has 0 aromatic carbocycles. The van der Waals surface area contributed by atoms with E-state index in [4.69, 9.17) is 38.9 Å². The van der Waals surface area contributed by atoms with Crippen LogP contribution < -0.4 is 16.4 Å². The van der Waals surface area contributed by atoms with E-state index in [1.54, 1.807) is 0 Å². The van der Waals surface area contributed by atoms with Crippen LogP contribution in [0.1, 0.15) is 20.8 Å². The predicted molar refractivity (Wildman–Crippen MR) is 121 cm³/mol. The maximum atomic E-state index is 11.4. The van der Waals surface area contributed by atoms with E-state index in [2.05, 4.69) is 10.6 Å². The van der Waals surface area contributed by atoms with Crippen LogP contribution in [0.15, 0.2) is 0 Å². The Kier molecular flexibility index (Phi) is 21.2. The van der Waals surface area contributed by atoms with Gasteiger partial charge in [-0.3, -0.25) is 4.79 Å². The standard InChI is InChI=1S/C21H43N3O9/c1-21(2,3)33-20(26)24-6-7-27-8-9-28-10-11-29-12-13-30-14-15-31-16-17-32-18-19(25)23-5-4-22/h4-18,22H2,1-3H3,(H,23,25)(H,24,26). The summed E-state index contributed by atoms with van der Waals surface area (Å²) in [6, 6.07) is 0. The largest absolute Gasteiger partial charge is 0.444 e. The smallest absolute Gasteiger partial charge is 0.407 e. The van der Waals surface area contributed by atoms with Crippen LogP contribution in [-0.2, 0) is 38.0 Å². The molecule has 2 amide bonds. The van der Waals surface area contributed by atoms with Crippen molar-refractivity contribution in [1.29, 1.82) is 0 Å². The average Bonchev–Trinajstić information content (AvgIpc) is 2.75. The number of hydrogen-bond donors (Lipinski definition) is 3. The fourth-order valence-corrected chi connectivity index (χ4v) is 2.07. The van der Waals surface area contributed by atoms with E-state index in [1.807, 2.05) is 20.8 Å². The van der Waals surface area contributed by atoms with Gasteiger partial charge in [-0.05, 0) is 20.8 Å². The molecule has 0 aromatic heterocycles. The Morgan fingerprint density at radius 1 is 0.636 bits per heavy atom. The first-order valence-corrected chi connectivity index (χ1v) is 11.2. The van der Waals surface area contributed by atoms with Gasteiger partial charge in [0.25, 0.3) is 0 Å². The molecule has 0 heterocycles. The second kappa shape index (κ2) is 22.3. The number of rotatable bonds is 22. The minimum Gasteiger partial charge on any atom is -0.444 e. The van der Waals surface area contributed by atoms with Gasteiger partial charge >= 0.3 is 6.09 Å². The molecule has 0 unspecified atom stereocenters. The van der Waals surface area contributed by atoms with Crippen molar-refractivity contribution in [2.24, 2.45) is 5.73 Å². The topological polar surface area (TPSA) is 149 Å². The van der Waals surface area contributed by atoms with Crippen molar-refractivity contribution in [3.8, 4) is 0 Å². The molecule has 12 nitrogen and oxygen atoms in total. The van der Waals surface area contributed by atoms with E-state index in [-0.39, 0.29) is 12.5 Å². The van der Waals surface area contributed by atoms with Crippen molar-refractivity contribution in [3.63, 3.8) is 0 Å². The number of hydrogen-bond acceptors (Lipinski definition) is 10. The van der Waals surface area contributed by atoms with Gasteiger partial charge in [-0.1, -0.05) is 0 Å². The summed E-state index contributed by atoms with van der Waals surface area (Å²) in [6.07, 6.45) is -0.456. The molecule has 33 heavy (non-hydrogen) atoms. The number of alkyl carbamates (subject to hydrolysis) is 1. The summed E-state index contributed by atoms with van der Waals surface area (Å²) in [5, 5.41) is 5.22. The molecule has 0 aromatic rings. The summed E-state index contributed by atoms with van der Waals surface area (Å²) in [5.41, 5.74) is 4.77. The number of amides is 2. The van der Waals surface area contributed by atoms with Crippen molar-refractivity contribution in [3.05, 3.63) is 0 Å². The first-order chi connectivity index (χ1) is 15.8. The van der Waals surface area contributed by atoms with Crippen LogP contribution in [0.2, 0.25) is 0 Å². The lowest BCUT2D eigenvalue weighted by Crippen LogP contribution is -2.34. The lowest BCUT2D eigenvalue weighted by atomic mass is 10.2. The Balaban J connectivity index is 3.16. The summed E-state index contributed by atoms with van der Waals surface area (Å²) in [5.74, 6) is -0.188. The molecule has 0 rings (SSSR count). The molecule has 0 bridgehead atoms. The maximum Gasteiger partial charge on any atom is 0.407 e. The van der Waals surface area contributed by atoms with Crippen molar-refractivity contribution in [2.45, 2.75) is 26.4 Å². The molecule has 4 N–H and O–H groups in total. The van der Waals surface area contributed by atoms with Gasteiger partial charge in [0, 0.05) is 19.6 Å². The van der Waals surface area contributed by atoms with Crippen LogP contribution in [0.5, 0.6) is 0 Å². The van der Waals surface area contributed by atoms with E-state index in [9.17, 15) is 9.59 Å². The maximum absolute atomic E-state index is 11.4. The third-order valence-electron chi connectivity index (χ3n) is 3.47. The Bertz CT molecular complexity index is 476. The molecule has 0 aliphatic carbocycles. The van der Waals surface area contributed by atoms with Crippen LogP contribution in [-0.4, -0.2) is 117 Å². The third-order valence-corrected chi connectivity index (χ3v) is 3.47. The second-order valence-electron chi connectivity index (χ2n) is 7.68. The van der Waals surface area contributed by atoms with Gasteiger partial charge in [-0.2, -0.15) is 0 Å². The second-order valence-corrected chi connectivity index (χ2v) is 7.68. The number of ether oxygens (including phenoxy) is 7. The van der Waals surface area contributed by atoms with Gasteiger partial charge in [0.05, 0.1) is 72.7 Å². The summed E-state index contributed by atoms with van der Waals surface area (Å²) < 4.78 is 37.1. The summed E-state index contributed by atoms with van der Waals surface area (Å²) in [4.78, 5) is 22.7. The van der Waals surface area contributed by atoms with E-state index >= 15 is 0 Å². The lowest BCUT2D eigenvalue weighted by Gasteiger charge is -2.19. The van der Waals surface area contributed by atoms with E-state index < -0.39 is 11.7 Å². The van der Waals surface area contributed by atoms with Gasteiger partial charge in [-0.25, -0.2) is 4.79 Å².